The molecule has 2 heteroatoms. The van der Waals surface area contributed by atoms with E-state index in [0.29, 0.717) is 6.04 Å². The lowest BCUT2D eigenvalue weighted by atomic mass is 10.1. The molecule has 1 atom stereocenters. The van der Waals surface area contributed by atoms with E-state index in [-0.39, 0.29) is 0 Å². The summed E-state index contributed by atoms with van der Waals surface area (Å²) in [6.45, 7) is 4.28. The average Bonchev–Trinajstić information content (AvgIpc) is 2.47. The summed E-state index contributed by atoms with van der Waals surface area (Å²) in [4.78, 5) is 0. The predicted octanol–water partition coefficient (Wildman–Crippen LogP) is 4.32. The first-order valence-corrected chi connectivity index (χ1v) is 6.77. The van der Waals surface area contributed by atoms with E-state index in [9.17, 15) is 0 Å². The molecule has 0 saturated carbocycles. The van der Waals surface area contributed by atoms with Gasteiger partial charge in [0.1, 0.15) is 11.5 Å². The monoisotopic (exact) mass is 255 g/mol. The molecule has 0 aliphatic rings. The van der Waals surface area contributed by atoms with Crippen LogP contribution in [0, 0.1) is 0 Å². The van der Waals surface area contributed by atoms with Crippen LogP contribution >= 0.6 is 0 Å². The number of nitrogens with one attached hydrogen (secondary N) is 1. The molecule has 2 aromatic rings. The molecule has 0 saturated heterocycles. The van der Waals surface area contributed by atoms with Gasteiger partial charge in [-0.1, -0.05) is 37.3 Å². The Labute approximate surface area is 115 Å². The average molecular weight is 255 g/mol. The van der Waals surface area contributed by atoms with Crippen LogP contribution in [-0.4, -0.2) is 7.05 Å². The molecule has 2 aromatic carbocycles. The van der Waals surface area contributed by atoms with Gasteiger partial charge in [-0.3, -0.25) is 0 Å². The third-order valence-electron chi connectivity index (χ3n) is 3.37. The molecule has 2 rings (SSSR count). The van der Waals surface area contributed by atoms with Crippen molar-refractivity contribution >= 4 is 0 Å². The summed E-state index contributed by atoms with van der Waals surface area (Å²) in [5.41, 5.74) is 2.46. The lowest BCUT2D eigenvalue weighted by Gasteiger charge is -2.14. The van der Waals surface area contributed by atoms with Crippen LogP contribution in [0.5, 0.6) is 11.5 Å². The van der Waals surface area contributed by atoms with Crippen LogP contribution in [0.25, 0.3) is 0 Å². The van der Waals surface area contributed by atoms with Crippen LogP contribution in [0.1, 0.15) is 31.0 Å². The summed E-state index contributed by atoms with van der Waals surface area (Å²) in [6.07, 6.45) is 0.975. The number of rotatable bonds is 5. The van der Waals surface area contributed by atoms with Gasteiger partial charge in [0.2, 0.25) is 0 Å². The van der Waals surface area contributed by atoms with Crippen molar-refractivity contribution in [2.45, 2.75) is 26.3 Å². The standard InChI is InChI=1S/C17H21NO/c1-4-14-8-5-6-11-17(14)19-16-10-7-9-15(12-16)13(2)18-3/h5-13,18H,4H2,1-3H3. The number of aryl methyl sites for hydroxylation is 1. The zero-order valence-electron chi connectivity index (χ0n) is 11.8. The first-order chi connectivity index (χ1) is 9.24. The van der Waals surface area contributed by atoms with Crippen molar-refractivity contribution in [1.29, 1.82) is 0 Å². The molecule has 0 aliphatic carbocycles. The second kappa shape index (κ2) is 6.39. The molecule has 2 nitrogen and oxygen atoms in total. The number of benzene rings is 2. The molecule has 0 aliphatic heterocycles. The minimum absolute atomic E-state index is 0.324. The van der Waals surface area contributed by atoms with Crippen molar-refractivity contribution in [3.63, 3.8) is 0 Å². The van der Waals surface area contributed by atoms with E-state index in [1.54, 1.807) is 0 Å². The Kier molecular flexibility index (Phi) is 4.58. The van der Waals surface area contributed by atoms with Gasteiger partial charge in [-0.15, -0.1) is 0 Å². The molecule has 0 aromatic heterocycles. The fourth-order valence-corrected chi connectivity index (χ4v) is 2.04. The Hall–Kier alpha value is -1.80. The topological polar surface area (TPSA) is 21.3 Å². The fraction of sp³-hybridized carbons (Fsp3) is 0.294. The van der Waals surface area contributed by atoms with Crippen LogP contribution in [0.15, 0.2) is 48.5 Å². The van der Waals surface area contributed by atoms with Crippen LogP contribution in [0.3, 0.4) is 0 Å². The lowest BCUT2D eigenvalue weighted by Crippen LogP contribution is -2.12. The van der Waals surface area contributed by atoms with Gasteiger partial charge in [0.15, 0.2) is 0 Å². The summed E-state index contributed by atoms with van der Waals surface area (Å²) in [5.74, 6) is 1.83. The Morgan fingerprint density at radius 1 is 1.11 bits per heavy atom. The van der Waals surface area contributed by atoms with E-state index in [2.05, 4.69) is 37.4 Å². The van der Waals surface area contributed by atoms with Crippen molar-refractivity contribution in [3.05, 3.63) is 59.7 Å². The van der Waals surface area contributed by atoms with E-state index in [0.717, 1.165) is 17.9 Å². The highest BCUT2D eigenvalue weighted by molar-refractivity contribution is 5.39. The molecule has 1 unspecified atom stereocenters. The molecule has 19 heavy (non-hydrogen) atoms. The highest BCUT2D eigenvalue weighted by Gasteiger charge is 2.06. The highest BCUT2D eigenvalue weighted by atomic mass is 16.5. The fourth-order valence-electron chi connectivity index (χ4n) is 2.04. The highest BCUT2D eigenvalue weighted by Crippen LogP contribution is 2.27. The lowest BCUT2D eigenvalue weighted by molar-refractivity contribution is 0.475. The van der Waals surface area contributed by atoms with Crippen molar-refractivity contribution in [1.82, 2.24) is 5.32 Å². The van der Waals surface area contributed by atoms with Crippen molar-refractivity contribution in [3.8, 4) is 11.5 Å². The molecule has 100 valence electrons. The Morgan fingerprint density at radius 2 is 1.89 bits per heavy atom. The number of ether oxygens (including phenoxy) is 1. The summed E-state index contributed by atoms with van der Waals surface area (Å²) in [5, 5.41) is 3.24. The third-order valence-corrected chi connectivity index (χ3v) is 3.37. The quantitative estimate of drug-likeness (QED) is 0.859. The van der Waals surface area contributed by atoms with E-state index in [1.807, 2.05) is 37.4 Å². The summed E-state index contributed by atoms with van der Waals surface area (Å²) >= 11 is 0. The summed E-state index contributed by atoms with van der Waals surface area (Å²) in [6, 6.07) is 16.7. The third kappa shape index (κ3) is 3.36. The number of hydrogen-bond donors (Lipinski definition) is 1. The Bertz CT molecular complexity index is 536. The minimum Gasteiger partial charge on any atom is -0.457 e. The normalized spacial score (nSPS) is 12.2. The summed E-state index contributed by atoms with van der Waals surface area (Å²) in [7, 11) is 1.96. The molecule has 0 bridgehead atoms. The smallest absolute Gasteiger partial charge is 0.130 e. The van der Waals surface area contributed by atoms with Gasteiger partial charge in [-0.2, -0.15) is 0 Å². The molecule has 0 amide bonds. The SMILES string of the molecule is CCc1ccccc1Oc1cccc(C(C)NC)c1. The predicted molar refractivity (Wildman–Crippen MR) is 79.8 cm³/mol. The van der Waals surface area contributed by atoms with E-state index >= 15 is 0 Å². The molecule has 0 fully saturated rings. The van der Waals surface area contributed by atoms with E-state index in [4.69, 9.17) is 4.74 Å². The Balaban J connectivity index is 2.23. The molecular weight excluding hydrogens is 234 g/mol. The van der Waals surface area contributed by atoms with Gasteiger partial charge in [0.05, 0.1) is 0 Å². The first-order valence-electron chi connectivity index (χ1n) is 6.77. The van der Waals surface area contributed by atoms with Gasteiger partial charge in [0.25, 0.3) is 0 Å². The Morgan fingerprint density at radius 3 is 2.63 bits per heavy atom. The van der Waals surface area contributed by atoms with Gasteiger partial charge >= 0.3 is 0 Å². The second-order valence-corrected chi connectivity index (χ2v) is 4.65. The van der Waals surface area contributed by atoms with Crippen LogP contribution in [0.4, 0.5) is 0 Å². The molecule has 0 spiro atoms. The first kappa shape index (κ1) is 13.6. The van der Waals surface area contributed by atoms with Crippen LogP contribution < -0.4 is 10.1 Å². The van der Waals surface area contributed by atoms with Crippen molar-refractivity contribution in [2.75, 3.05) is 7.05 Å². The van der Waals surface area contributed by atoms with Gasteiger partial charge < -0.3 is 10.1 Å². The molecule has 0 heterocycles. The minimum atomic E-state index is 0.324. The number of para-hydroxylation sites is 1. The molecular formula is C17H21NO. The van der Waals surface area contributed by atoms with E-state index < -0.39 is 0 Å². The van der Waals surface area contributed by atoms with Crippen molar-refractivity contribution < 1.29 is 4.74 Å². The zero-order valence-corrected chi connectivity index (χ0v) is 11.8. The van der Waals surface area contributed by atoms with Gasteiger partial charge in [-0.05, 0) is 49.7 Å². The largest absolute Gasteiger partial charge is 0.457 e. The molecule has 1 N–H and O–H groups in total. The van der Waals surface area contributed by atoms with Crippen molar-refractivity contribution in [2.24, 2.45) is 0 Å². The van der Waals surface area contributed by atoms with Crippen LogP contribution in [-0.2, 0) is 6.42 Å². The summed E-state index contributed by atoms with van der Waals surface area (Å²) < 4.78 is 6.01. The number of hydrogen-bond acceptors (Lipinski definition) is 2. The zero-order chi connectivity index (χ0) is 13.7. The van der Waals surface area contributed by atoms with Crippen LogP contribution in [0.2, 0.25) is 0 Å². The maximum Gasteiger partial charge on any atom is 0.130 e. The maximum atomic E-state index is 6.01. The maximum absolute atomic E-state index is 6.01. The molecule has 0 radical (unpaired) electrons. The van der Waals surface area contributed by atoms with E-state index in [1.165, 1.54) is 11.1 Å². The van der Waals surface area contributed by atoms with Gasteiger partial charge in [-0.25, -0.2) is 0 Å². The van der Waals surface area contributed by atoms with Gasteiger partial charge in [0, 0.05) is 6.04 Å². The second-order valence-electron chi connectivity index (χ2n) is 4.65.